The first-order valence-corrected chi connectivity index (χ1v) is 6.71. The third kappa shape index (κ3) is 1.69. The molecule has 3 aromatic rings. The van der Waals surface area contributed by atoms with E-state index in [1.807, 2.05) is 41.0 Å². The zero-order valence-corrected chi connectivity index (χ0v) is 11.2. The number of hydrogen-bond acceptors (Lipinski definition) is 3. The molecule has 0 radical (unpaired) electrons. The Labute approximate surface area is 121 Å². The topological polar surface area (TPSA) is 42.7 Å². The standard InChI is InChI=1S/C15H11ClN4/c16-11-6-7-13-12(8-11)14(10-4-2-1-3-5-10)20-9-17-19-15(20)18-13/h1-9,14H,(H,18,19). The van der Waals surface area contributed by atoms with Crippen LogP contribution >= 0.6 is 11.6 Å². The Balaban J connectivity index is 1.97. The molecule has 0 aliphatic carbocycles. The van der Waals surface area contributed by atoms with Gasteiger partial charge in [0.15, 0.2) is 0 Å². The van der Waals surface area contributed by atoms with Crippen molar-refractivity contribution in [3.8, 4) is 0 Å². The molecule has 1 unspecified atom stereocenters. The number of benzene rings is 2. The average molecular weight is 283 g/mol. The van der Waals surface area contributed by atoms with Crippen molar-refractivity contribution in [3.05, 3.63) is 71.0 Å². The third-order valence-corrected chi connectivity index (χ3v) is 3.76. The van der Waals surface area contributed by atoms with Gasteiger partial charge in [0.25, 0.3) is 0 Å². The Hall–Kier alpha value is -2.33. The van der Waals surface area contributed by atoms with Gasteiger partial charge in [-0.15, -0.1) is 10.2 Å². The minimum absolute atomic E-state index is 0.0381. The number of hydrogen-bond donors (Lipinski definition) is 1. The number of nitrogens with one attached hydrogen (secondary N) is 1. The van der Waals surface area contributed by atoms with Crippen LogP contribution in [0.15, 0.2) is 54.9 Å². The molecule has 20 heavy (non-hydrogen) atoms. The molecule has 1 aliphatic heterocycles. The van der Waals surface area contributed by atoms with E-state index in [1.165, 1.54) is 5.56 Å². The van der Waals surface area contributed by atoms with Crippen molar-refractivity contribution in [1.82, 2.24) is 14.8 Å². The second kappa shape index (κ2) is 4.35. The Bertz CT molecular complexity index is 767. The van der Waals surface area contributed by atoms with E-state index in [0.717, 1.165) is 22.2 Å². The highest BCUT2D eigenvalue weighted by atomic mass is 35.5. The van der Waals surface area contributed by atoms with Gasteiger partial charge in [0.05, 0.1) is 6.04 Å². The first-order chi connectivity index (χ1) is 9.83. The van der Waals surface area contributed by atoms with E-state index in [9.17, 15) is 0 Å². The lowest BCUT2D eigenvalue weighted by atomic mass is 9.95. The zero-order valence-electron chi connectivity index (χ0n) is 10.5. The van der Waals surface area contributed by atoms with Gasteiger partial charge in [0.1, 0.15) is 6.33 Å². The van der Waals surface area contributed by atoms with Crippen LogP contribution in [0.1, 0.15) is 17.2 Å². The SMILES string of the molecule is Clc1ccc2c(c1)C(c1ccccc1)n1cnnc1N2. The van der Waals surface area contributed by atoms with Gasteiger partial charge in [-0.1, -0.05) is 41.9 Å². The molecule has 5 heteroatoms. The van der Waals surface area contributed by atoms with E-state index >= 15 is 0 Å². The van der Waals surface area contributed by atoms with Gasteiger partial charge in [-0.25, -0.2) is 0 Å². The Morgan fingerprint density at radius 1 is 1.10 bits per heavy atom. The molecular formula is C15H11ClN4. The largest absolute Gasteiger partial charge is 0.324 e. The lowest BCUT2D eigenvalue weighted by Gasteiger charge is -2.28. The summed E-state index contributed by atoms with van der Waals surface area (Å²) in [5.74, 6) is 0.744. The number of aromatic nitrogens is 3. The lowest BCUT2D eigenvalue weighted by Crippen LogP contribution is -2.20. The quantitative estimate of drug-likeness (QED) is 0.580. The number of rotatable bonds is 1. The molecular weight excluding hydrogens is 272 g/mol. The molecule has 0 amide bonds. The van der Waals surface area contributed by atoms with Crippen molar-refractivity contribution in [2.24, 2.45) is 0 Å². The highest BCUT2D eigenvalue weighted by Gasteiger charge is 2.27. The summed E-state index contributed by atoms with van der Waals surface area (Å²) < 4.78 is 2.02. The smallest absolute Gasteiger partial charge is 0.229 e. The summed E-state index contributed by atoms with van der Waals surface area (Å²) in [6.45, 7) is 0. The number of nitrogens with zero attached hydrogens (tertiary/aromatic N) is 3. The van der Waals surface area contributed by atoms with E-state index in [4.69, 9.17) is 11.6 Å². The number of fused-ring (bicyclic) bond motifs is 2. The molecule has 0 spiro atoms. The fourth-order valence-corrected chi connectivity index (χ4v) is 2.82. The van der Waals surface area contributed by atoms with E-state index in [0.29, 0.717) is 0 Å². The van der Waals surface area contributed by atoms with E-state index in [-0.39, 0.29) is 6.04 Å². The van der Waals surface area contributed by atoms with Gasteiger partial charge >= 0.3 is 0 Å². The molecule has 0 saturated carbocycles. The van der Waals surface area contributed by atoms with Crippen LogP contribution < -0.4 is 5.32 Å². The molecule has 4 nitrogen and oxygen atoms in total. The maximum absolute atomic E-state index is 6.16. The Kier molecular flexibility index (Phi) is 2.50. The lowest BCUT2D eigenvalue weighted by molar-refractivity contribution is 0.671. The molecule has 0 saturated heterocycles. The van der Waals surface area contributed by atoms with Crippen LogP contribution in [-0.4, -0.2) is 14.8 Å². The van der Waals surface area contributed by atoms with Crippen LogP contribution in [0.4, 0.5) is 11.6 Å². The van der Waals surface area contributed by atoms with E-state index in [2.05, 4.69) is 27.6 Å². The number of anilines is 2. The first-order valence-electron chi connectivity index (χ1n) is 6.34. The third-order valence-electron chi connectivity index (χ3n) is 3.52. The Morgan fingerprint density at radius 2 is 1.95 bits per heavy atom. The van der Waals surface area contributed by atoms with Crippen molar-refractivity contribution in [3.63, 3.8) is 0 Å². The summed E-state index contributed by atoms with van der Waals surface area (Å²) in [6, 6.07) is 16.2. The first kappa shape index (κ1) is 11.5. The van der Waals surface area contributed by atoms with Gasteiger partial charge in [-0.2, -0.15) is 0 Å². The molecule has 1 atom stereocenters. The maximum Gasteiger partial charge on any atom is 0.229 e. The monoisotopic (exact) mass is 282 g/mol. The van der Waals surface area contributed by atoms with Crippen molar-refractivity contribution >= 4 is 23.2 Å². The van der Waals surface area contributed by atoms with Gasteiger partial charge < -0.3 is 5.32 Å². The zero-order chi connectivity index (χ0) is 13.5. The van der Waals surface area contributed by atoms with Gasteiger partial charge in [-0.3, -0.25) is 4.57 Å². The second-order valence-electron chi connectivity index (χ2n) is 4.73. The van der Waals surface area contributed by atoms with Crippen LogP contribution in [0, 0.1) is 0 Å². The summed E-state index contributed by atoms with van der Waals surface area (Å²) in [4.78, 5) is 0. The summed E-state index contributed by atoms with van der Waals surface area (Å²) in [6.07, 6.45) is 1.74. The molecule has 1 aromatic heterocycles. The fourth-order valence-electron chi connectivity index (χ4n) is 2.64. The number of halogens is 1. The van der Waals surface area contributed by atoms with Gasteiger partial charge in [-0.05, 0) is 23.8 Å². The molecule has 1 N–H and O–H groups in total. The van der Waals surface area contributed by atoms with Crippen molar-refractivity contribution < 1.29 is 0 Å². The molecule has 98 valence electrons. The van der Waals surface area contributed by atoms with E-state index in [1.54, 1.807) is 6.33 Å². The van der Waals surface area contributed by atoms with Gasteiger partial charge in [0.2, 0.25) is 5.95 Å². The fraction of sp³-hybridized carbons (Fsp3) is 0.0667. The normalized spacial score (nSPS) is 16.1. The highest BCUT2D eigenvalue weighted by molar-refractivity contribution is 6.30. The van der Waals surface area contributed by atoms with E-state index < -0.39 is 0 Å². The predicted octanol–water partition coefficient (Wildman–Crippen LogP) is 3.63. The molecule has 2 aromatic carbocycles. The molecule has 0 fully saturated rings. The molecule has 4 rings (SSSR count). The van der Waals surface area contributed by atoms with Gasteiger partial charge in [0, 0.05) is 16.3 Å². The molecule has 2 heterocycles. The summed E-state index contributed by atoms with van der Waals surface area (Å²) in [5.41, 5.74) is 3.32. The summed E-state index contributed by atoms with van der Waals surface area (Å²) in [7, 11) is 0. The minimum atomic E-state index is 0.0381. The maximum atomic E-state index is 6.16. The van der Waals surface area contributed by atoms with Crippen molar-refractivity contribution in [2.75, 3.05) is 5.32 Å². The van der Waals surface area contributed by atoms with Crippen LogP contribution in [-0.2, 0) is 0 Å². The van der Waals surface area contributed by atoms with Crippen LogP contribution in [0.2, 0.25) is 5.02 Å². The van der Waals surface area contributed by atoms with Crippen LogP contribution in [0.25, 0.3) is 0 Å². The summed E-state index contributed by atoms with van der Waals surface area (Å²) in [5, 5.41) is 12.1. The van der Waals surface area contributed by atoms with Crippen LogP contribution in [0.5, 0.6) is 0 Å². The average Bonchev–Trinajstić information content (AvgIpc) is 2.93. The van der Waals surface area contributed by atoms with Crippen molar-refractivity contribution in [2.45, 2.75) is 6.04 Å². The minimum Gasteiger partial charge on any atom is -0.324 e. The molecule has 1 aliphatic rings. The highest BCUT2D eigenvalue weighted by Crippen LogP contribution is 2.39. The van der Waals surface area contributed by atoms with Crippen molar-refractivity contribution in [1.29, 1.82) is 0 Å². The predicted molar refractivity (Wildman–Crippen MR) is 78.4 cm³/mol. The molecule has 0 bridgehead atoms. The second-order valence-corrected chi connectivity index (χ2v) is 5.17. The van der Waals surface area contributed by atoms with Crippen LogP contribution in [0.3, 0.4) is 0 Å². The Morgan fingerprint density at radius 3 is 2.80 bits per heavy atom. The summed E-state index contributed by atoms with van der Waals surface area (Å²) >= 11 is 6.16.